The number of benzene rings is 1. The van der Waals surface area contributed by atoms with Crippen molar-refractivity contribution >= 4 is 17.5 Å². The molecule has 0 aliphatic rings. The molecular formula is C13H14N4O2. The maximum atomic E-state index is 11.8. The number of H-pyrrole nitrogens is 1. The van der Waals surface area contributed by atoms with Crippen LogP contribution in [0.15, 0.2) is 30.5 Å². The highest BCUT2D eigenvalue weighted by molar-refractivity contribution is 5.99. The molecule has 0 fully saturated rings. The number of hydrogen-bond acceptors (Lipinski definition) is 4. The minimum absolute atomic E-state index is 0.0460. The molecule has 19 heavy (non-hydrogen) atoms. The van der Waals surface area contributed by atoms with Crippen molar-refractivity contribution in [3.05, 3.63) is 41.6 Å². The molecule has 1 aromatic carbocycles. The molecule has 0 atom stereocenters. The van der Waals surface area contributed by atoms with E-state index in [4.69, 9.17) is 0 Å². The molecule has 1 amide bonds. The number of carbonyl (C=O) groups is 2. The van der Waals surface area contributed by atoms with Gasteiger partial charge in [0, 0.05) is 18.4 Å². The first-order chi connectivity index (χ1) is 9.15. The minimum Gasteiger partial charge on any atom is -0.308 e. The van der Waals surface area contributed by atoms with Crippen LogP contribution >= 0.6 is 0 Å². The summed E-state index contributed by atoms with van der Waals surface area (Å²) >= 11 is 0. The van der Waals surface area contributed by atoms with Gasteiger partial charge in [0.05, 0.1) is 6.20 Å². The van der Waals surface area contributed by atoms with Crippen molar-refractivity contribution in [3.8, 4) is 0 Å². The molecule has 6 nitrogen and oxygen atoms in total. The molecule has 2 N–H and O–H groups in total. The molecule has 0 radical (unpaired) electrons. The van der Waals surface area contributed by atoms with Gasteiger partial charge in [0.1, 0.15) is 0 Å². The molecular weight excluding hydrogens is 244 g/mol. The van der Waals surface area contributed by atoms with Crippen LogP contribution < -0.4 is 5.32 Å². The molecule has 2 aromatic rings. The fourth-order valence-corrected chi connectivity index (χ4v) is 1.58. The highest BCUT2D eigenvalue weighted by Crippen LogP contribution is 2.08. The van der Waals surface area contributed by atoms with Crippen LogP contribution in [-0.4, -0.2) is 27.1 Å². The molecule has 0 spiro atoms. The molecule has 6 heteroatoms. The molecule has 0 aliphatic carbocycles. The summed E-state index contributed by atoms with van der Waals surface area (Å²) in [5, 5.41) is 12.2. The van der Waals surface area contributed by atoms with Crippen LogP contribution in [0.25, 0.3) is 0 Å². The fraction of sp³-hybridized carbons (Fsp3) is 0.231. The van der Waals surface area contributed by atoms with Crippen LogP contribution in [0.4, 0.5) is 5.82 Å². The lowest BCUT2D eigenvalue weighted by molar-refractivity contribution is -0.116. The second kappa shape index (κ2) is 5.90. The lowest BCUT2D eigenvalue weighted by Gasteiger charge is -2.02. The van der Waals surface area contributed by atoms with E-state index < -0.39 is 0 Å². The summed E-state index contributed by atoms with van der Waals surface area (Å²) < 4.78 is 0. The average molecular weight is 258 g/mol. The Morgan fingerprint density at radius 1 is 1.21 bits per heavy atom. The molecule has 1 heterocycles. The Bertz CT molecular complexity index is 561. The summed E-state index contributed by atoms with van der Waals surface area (Å²) in [7, 11) is 0. The van der Waals surface area contributed by atoms with Gasteiger partial charge in [0.25, 0.3) is 0 Å². The number of ketones is 1. The smallest absolute Gasteiger partial charge is 0.226 e. The van der Waals surface area contributed by atoms with Crippen molar-refractivity contribution in [2.24, 2.45) is 0 Å². The maximum Gasteiger partial charge on any atom is 0.226 e. The van der Waals surface area contributed by atoms with E-state index in [0.717, 1.165) is 5.56 Å². The summed E-state index contributed by atoms with van der Waals surface area (Å²) in [6.45, 7) is 1.96. The summed E-state index contributed by atoms with van der Waals surface area (Å²) in [5.74, 6) is 0.0532. The Balaban J connectivity index is 1.83. The van der Waals surface area contributed by atoms with Crippen LogP contribution in [0.2, 0.25) is 0 Å². The van der Waals surface area contributed by atoms with Crippen molar-refractivity contribution in [1.29, 1.82) is 0 Å². The number of aromatic amines is 1. The first-order valence-electron chi connectivity index (χ1n) is 5.90. The first kappa shape index (κ1) is 12.9. The van der Waals surface area contributed by atoms with Gasteiger partial charge in [0.2, 0.25) is 5.91 Å². The van der Waals surface area contributed by atoms with Gasteiger partial charge in [-0.1, -0.05) is 29.8 Å². The predicted molar refractivity (Wildman–Crippen MR) is 69.8 cm³/mol. The zero-order valence-electron chi connectivity index (χ0n) is 10.5. The van der Waals surface area contributed by atoms with E-state index in [1.54, 1.807) is 12.1 Å². The number of rotatable bonds is 5. The zero-order chi connectivity index (χ0) is 13.7. The Kier molecular flexibility index (Phi) is 4.02. The van der Waals surface area contributed by atoms with Crippen LogP contribution in [0.3, 0.4) is 0 Å². The van der Waals surface area contributed by atoms with E-state index in [9.17, 15) is 9.59 Å². The van der Waals surface area contributed by atoms with E-state index >= 15 is 0 Å². The Hall–Kier alpha value is -2.50. The lowest BCUT2D eigenvalue weighted by atomic mass is 10.1. The minimum atomic E-state index is -0.255. The highest BCUT2D eigenvalue weighted by atomic mass is 16.2. The second-order valence-corrected chi connectivity index (χ2v) is 4.19. The number of carbonyl (C=O) groups excluding carboxylic acids is 2. The number of nitrogens with zero attached hydrogens (tertiary/aromatic N) is 2. The topological polar surface area (TPSA) is 87.7 Å². The maximum absolute atomic E-state index is 11.8. The molecule has 0 unspecified atom stereocenters. The van der Waals surface area contributed by atoms with Gasteiger partial charge in [-0.05, 0) is 6.92 Å². The van der Waals surface area contributed by atoms with Crippen LogP contribution in [0.5, 0.6) is 0 Å². The summed E-state index contributed by atoms with van der Waals surface area (Å²) in [6.07, 6.45) is 1.70. The van der Waals surface area contributed by atoms with Crippen LogP contribution in [0.1, 0.15) is 28.8 Å². The van der Waals surface area contributed by atoms with E-state index in [2.05, 4.69) is 20.7 Å². The van der Waals surface area contributed by atoms with Gasteiger partial charge in [-0.25, -0.2) is 0 Å². The van der Waals surface area contributed by atoms with Gasteiger partial charge < -0.3 is 5.32 Å². The van der Waals surface area contributed by atoms with E-state index in [1.165, 1.54) is 6.20 Å². The molecule has 1 aromatic heterocycles. The molecule has 98 valence electrons. The van der Waals surface area contributed by atoms with Gasteiger partial charge in [0.15, 0.2) is 11.6 Å². The Labute approximate surface area is 110 Å². The zero-order valence-corrected chi connectivity index (χ0v) is 10.5. The fourth-order valence-electron chi connectivity index (χ4n) is 1.58. The van der Waals surface area contributed by atoms with Crippen LogP contribution in [-0.2, 0) is 4.79 Å². The van der Waals surface area contributed by atoms with E-state index in [1.807, 2.05) is 19.1 Å². The molecule has 0 aliphatic heterocycles. The number of aromatic nitrogens is 3. The van der Waals surface area contributed by atoms with E-state index in [0.29, 0.717) is 11.4 Å². The largest absolute Gasteiger partial charge is 0.308 e. The van der Waals surface area contributed by atoms with Crippen molar-refractivity contribution in [2.75, 3.05) is 5.32 Å². The number of nitrogens with one attached hydrogen (secondary N) is 2. The number of Topliss-reactive ketones (excluding diaryl/α,β-unsaturated/α-hetero) is 1. The van der Waals surface area contributed by atoms with Crippen molar-refractivity contribution in [3.63, 3.8) is 0 Å². The predicted octanol–water partition coefficient (Wildman–Crippen LogP) is 1.71. The SMILES string of the molecule is Cc1ccc(C(=O)CCC(=O)Nc2cn[nH]n2)cc1. The molecule has 2 rings (SSSR count). The summed E-state index contributed by atoms with van der Waals surface area (Å²) in [5.41, 5.74) is 1.72. The van der Waals surface area contributed by atoms with Crippen molar-refractivity contribution in [2.45, 2.75) is 19.8 Å². The van der Waals surface area contributed by atoms with Gasteiger partial charge >= 0.3 is 0 Å². The van der Waals surface area contributed by atoms with Crippen LogP contribution in [0, 0.1) is 6.92 Å². The third kappa shape index (κ3) is 3.74. The van der Waals surface area contributed by atoms with Crippen molar-refractivity contribution < 1.29 is 9.59 Å². The lowest BCUT2D eigenvalue weighted by Crippen LogP contribution is -2.13. The Morgan fingerprint density at radius 3 is 2.58 bits per heavy atom. The molecule has 0 saturated carbocycles. The number of hydrogen-bond donors (Lipinski definition) is 2. The van der Waals surface area contributed by atoms with Crippen molar-refractivity contribution in [1.82, 2.24) is 15.4 Å². The third-order valence-electron chi connectivity index (χ3n) is 2.64. The normalized spacial score (nSPS) is 10.2. The Morgan fingerprint density at radius 2 is 1.95 bits per heavy atom. The van der Waals surface area contributed by atoms with Gasteiger partial charge in [-0.15, -0.1) is 5.10 Å². The quantitative estimate of drug-likeness (QED) is 0.799. The van der Waals surface area contributed by atoms with Gasteiger partial charge in [-0.2, -0.15) is 10.3 Å². The summed E-state index contributed by atoms with van der Waals surface area (Å²) in [4.78, 5) is 23.4. The highest BCUT2D eigenvalue weighted by Gasteiger charge is 2.10. The first-order valence-corrected chi connectivity index (χ1v) is 5.90. The van der Waals surface area contributed by atoms with Gasteiger partial charge in [-0.3, -0.25) is 9.59 Å². The third-order valence-corrected chi connectivity index (χ3v) is 2.64. The monoisotopic (exact) mass is 258 g/mol. The number of amides is 1. The molecule has 0 saturated heterocycles. The summed E-state index contributed by atoms with van der Waals surface area (Å²) in [6, 6.07) is 7.30. The number of aryl methyl sites for hydroxylation is 1. The second-order valence-electron chi connectivity index (χ2n) is 4.19. The average Bonchev–Trinajstić information content (AvgIpc) is 2.89. The number of anilines is 1. The molecule has 0 bridgehead atoms. The van der Waals surface area contributed by atoms with E-state index in [-0.39, 0.29) is 24.5 Å². The standard InChI is InChI=1S/C13H14N4O2/c1-9-2-4-10(5-3-9)11(18)6-7-13(19)15-12-8-14-17-16-12/h2-5,8H,6-7H2,1H3,(H2,14,15,16,17,19).